The molecule has 0 aromatic rings. The van der Waals surface area contributed by atoms with Crippen LogP contribution in [-0.2, 0) is 38.0 Å². The molecule has 14 N–H and O–H groups in total. The predicted molar refractivity (Wildman–Crippen MR) is 145 cm³/mol. The summed E-state index contributed by atoms with van der Waals surface area (Å²) < 4.78 is 38.4. The molecule has 4 fully saturated rings. The van der Waals surface area contributed by atoms with Gasteiger partial charge in [-0.1, -0.05) is 0 Å². The van der Waals surface area contributed by atoms with E-state index in [0.717, 1.165) is 6.92 Å². The average Bonchev–Trinajstić information content (AvgIpc) is 3.06. The molecule has 0 aliphatic carbocycles. The molecular weight excluding hydrogens is 662 g/mol. The summed E-state index contributed by atoms with van der Waals surface area (Å²) in [4.78, 5) is 11.8. The standard InChI is InChI=1S/C26H45NO21/c1-6(32)27-11-15(36)12(33)7(2-28)43-24(11)47-21-13(34)8(3-29)45-26(18(21)39)48-22-14(35)9(4-30)44-25(19(22)40)46-20-10(5-31)42-23(41)17(38)16(20)37/h7-26,28-31,33-41H,2-5H2,1H3,(H,27,32)/t7-,8-,9-,10-,11-,12+,13+,14+,15-,16-,17-,18-,19-,20-,21+,22+,23-,24-,25+,26-/m1/s1. The molecule has 48 heavy (non-hydrogen) atoms. The van der Waals surface area contributed by atoms with Crippen LogP contribution in [0.1, 0.15) is 6.92 Å². The van der Waals surface area contributed by atoms with Gasteiger partial charge in [-0.25, -0.2) is 0 Å². The number of rotatable bonds is 11. The quantitative estimate of drug-likeness (QED) is 0.0947. The average molecular weight is 708 g/mol. The molecule has 4 saturated heterocycles. The van der Waals surface area contributed by atoms with Crippen molar-refractivity contribution >= 4 is 5.91 Å². The minimum absolute atomic E-state index is 0.700. The van der Waals surface area contributed by atoms with E-state index in [-0.39, 0.29) is 0 Å². The highest BCUT2D eigenvalue weighted by atomic mass is 16.8. The van der Waals surface area contributed by atoms with E-state index in [0.29, 0.717) is 0 Å². The zero-order chi connectivity index (χ0) is 35.6. The summed E-state index contributed by atoms with van der Waals surface area (Å²) >= 11 is 0. The van der Waals surface area contributed by atoms with Gasteiger partial charge in [0, 0.05) is 6.92 Å². The van der Waals surface area contributed by atoms with Gasteiger partial charge in [0.1, 0.15) is 97.6 Å². The fourth-order valence-corrected chi connectivity index (χ4v) is 5.94. The van der Waals surface area contributed by atoms with Gasteiger partial charge in [0.15, 0.2) is 25.2 Å². The zero-order valence-corrected chi connectivity index (χ0v) is 25.5. The SMILES string of the molecule is CC(=O)N[C@H]1[C@@H](O[C@H]2[C@@H](O)[C@@H](CO)O[C@H](O[C@H]3[C@@H](O)[C@@H](CO)O[C@@H](O[C@H]4[C@H](O)[C@@H](O)[C@H](O)O[C@@H]4CO)[C@@H]3O)[C@@H]2O)O[C@H](CO)[C@H](O)[C@@H]1O. The van der Waals surface area contributed by atoms with E-state index >= 15 is 0 Å². The van der Waals surface area contributed by atoms with Crippen LogP contribution in [0.2, 0.25) is 0 Å². The maximum Gasteiger partial charge on any atom is 0.217 e. The largest absolute Gasteiger partial charge is 0.394 e. The van der Waals surface area contributed by atoms with Crippen LogP contribution in [0.4, 0.5) is 0 Å². The Balaban J connectivity index is 1.56. The molecule has 0 saturated carbocycles. The smallest absolute Gasteiger partial charge is 0.217 e. The van der Waals surface area contributed by atoms with Crippen molar-refractivity contribution in [2.75, 3.05) is 26.4 Å². The summed E-state index contributed by atoms with van der Waals surface area (Å²) in [7, 11) is 0. The van der Waals surface area contributed by atoms with Gasteiger partial charge in [-0.2, -0.15) is 0 Å². The van der Waals surface area contributed by atoms with Gasteiger partial charge in [-0.3, -0.25) is 4.79 Å². The monoisotopic (exact) mass is 707 g/mol. The summed E-state index contributed by atoms with van der Waals surface area (Å²) in [6.07, 6.45) is -33.9. The number of ether oxygens (including phenoxy) is 7. The van der Waals surface area contributed by atoms with Gasteiger partial charge in [0.2, 0.25) is 5.91 Å². The number of amides is 1. The van der Waals surface area contributed by atoms with Crippen LogP contribution in [0.25, 0.3) is 0 Å². The summed E-state index contributed by atoms with van der Waals surface area (Å²) in [6, 6.07) is -1.50. The first-order valence-electron chi connectivity index (χ1n) is 15.1. The molecular formula is C26H45NO21. The predicted octanol–water partition coefficient (Wildman–Crippen LogP) is -9.61. The number of hydrogen-bond acceptors (Lipinski definition) is 21. The molecule has 280 valence electrons. The Hall–Kier alpha value is -1.33. The molecule has 0 spiro atoms. The van der Waals surface area contributed by atoms with E-state index in [1.54, 1.807) is 0 Å². The molecule has 4 aliphatic rings. The van der Waals surface area contributed by atoms with E-state index in [2.05, 4.69) is 5.32 Å². The number of nitrogens with one attached hydrogen (secondary N) is 1. The maximum absolute atomic E-state index is 11.8. The molecule has 20 atom stereocenters. The topological polar surface area (TPSA) is 357 Å². The first-order chi connectivity index (χ1) is 22.7. The Kier molecular flexibility index (Phi) is 13.8. The van der Waals surface area contributed by atoms with Gasteiger partial charge in [-0.05, 0) is 0 Å². The van der Waals surface area contributed by atoms with Gasteiger partial charge in [0.05, 0.1) is 26.4 Å². The first-order valence-corrected chi connectivity index (χ1v) is 15.1. The Bertz CT molecular complexity index is 1030. The fraction of sp³-hybridized carbons (Fsp3) is 0.962. The third-order valence-corrected chi connectivity index (χ3v) is 8.61. The van der Waals surface area contributed by atoms with E-state index in [1.807, 2.05) is 0 Å². The third-order valence-electron chi connectivity index (χ3n) is 8.61. The minimum atomic E-state index is -2.06. The molecule has 0 aromatic heterocycles. The number of aliphatic hydroxyl groups is 13. The number of carbonyl (C=O) groups is 1. The van der Waals surface area contributed by atoms with E-state index in [1.165, 1.54) is 0 Å². The number of carbonyl (C=O) groups excluding carboxylic acids is 1. The lowest BCUT2D eigenvalue weighted by atomic mass is 9.95. The Morgan fingerprint density at radius 2 is 0.917 bits per heavy atom. The summed E-state index contributed by atoms with van der Waals surface area (Å²) in [5.41, 5.74) is 0. The summed E-state index contributed by atoms with van der Waals surface area (Å²) in [6.45, 7) is -2.38. The van der Waals surface area contributed by atoms with Crippen molar-refractivity contribution in [3.63, 3.8) is 0 Å². The zero-order valence-electron chi connectivity index (χ0n) is 25.5. The van der Waals surface area contributed by atoms with Crippen molar-refractivity contribution in [3.8, 4) is 0 Å². The van der Waals surface area contributed by atoms with Crippen LogP contribution < -0.4 is 5.32 Å². The number of aliphatic hydroxyl groups excluding tert-OH is 13. The highest BCUT2D eigenvalue weighted by Gasteiger charge is 2.55. The van der Waals surface area contributed by atoms with Gasteiger partial charge >= 0.3 is 0 Å². The fourth-order valence-electron chi connectivity index (χ4n) is 5.94. The first kappa shape index (κ1) is 39.5. The molecule has 22 nitrogen and oxygen atoms in total. The molecule has 0 aromatic carbocycles. The Labute approximate surface area is 272 Å². The lowest BCUT2D eigenvalue weighted by Gasteiger charge is -2.49. The Morgan fingerprint density at radius 3 is 1.38 bits per heavy atom. The second-order valence-electron chi connectivity index (χ2n) is 11.9. The van der Waals surface area contributed by atoms with Crippen LogP contribution in [0, 0.1) is 0 Å². The summed E-state index contributed by atoms with van der Waals surface area (Å²) in [5, 5.41) is 137. The second kappa shape index (κ2) is 16.8. The van der Waals surface area contributed by atoms with Crippen LogP contribution in [-0.4, -0.2) is 221 Å². The van der Waals surface area contributed by atoms with E-state index in [4.69, 9.17) is 33.2 Å². The highest BCUT2D eigenvalue weighted by molar-refractivity contribution is 5.73. The van der Waals surface area contributed by atoms with Crippen LogP contribution >= 0.6 is 0 Å². The van der Waals surface area contributed by atoms with Crippen molar-refractivity contribution < 1.29 is 104 Å². The van der Waals surface area contributed by atoms with Crippen LogP contribution in [0.5, 0.6) is 0 Å². The van der Waals surface area contributed by atoms with Crippen molar-refractivity contribution in [3.05, 3.63) is 0 Å². The van der Waals surface area contributed by atoms with Crippen molar-refractivity contribution in [2.45, 2.75) is 130 Å². The molecule has 0 bridgehead atoms. The Morgan fingerprint density at radius 1 is 0.500 bits per heavy atom. The number of hydrogen-bond donors (Lipinski definition) is 14. The third kappa shape index (κ3) is 8.08. The second-order valence-corrected chi connectivity index (χ2v) is 11.9. The van der Waals surface area contributed by atoms with Gasteiger partial charge in [0.25, 0.3) is 0 Å². The van der Waals surface area contributed by atoms with Crippen LogP contribution in [0.3, 0.4) is 0 Å². The van der Waals surface area contributed by atoms with Crippen molar-refractivity contribution in [2.24, 2.45) is 0 Å². The van der Waals surface area contributed by atoms with Gasteiger partial charge < -0.3 is 105 Å². The lowest BCUT2D eigenvalue weighted by Crippen LogP contribution is -2.69. The molecule has 4 rings (SSSR count). The molecule has 22 heteroatoms. The minimum Gasteiger partial charge on any atom is -0.394 e. The normalized spacial score (nSPS) is 50.2. The maximum atomic E-state index is 11.8. The van der Waals surface area contributed by atoms with E-state index in [9.17, 15) is 71.2 Å². The summed E-state index contributed by atoms with van der Waals surface area (Å²) in [5.74, 6) is -0.700. The van der Waals surface area contributed by atoms with Crippen LogP contribution in [0.15, 0.2) is 0 Å². The highest BCUT2D eigenvalue weighted by Crippen LogP contribution is 2.34. The molecule has 4 aliphatic heterocycles. The van der Waals surface area contributed by atoms with Crippen molar-refractivity contribution in [1.82, 2.24) is 5.32 Å². The van der Waals surface area contributed by atoms with E-state index < -0.39 is 155 Å². The van der Waals surface area contributed by atoms with Gasteiger partial charge in [-0.15, -0.1) is 0 Å². The molecule has 4 heterocycles. The lowest BCUT2D eigenvalue weighted by molar-refractivity contribution is -0.386. The molecule has 0 radical (unpaired) electrons. The molecule has 0 unspecified atom stereocenters. The van der Waals surface area contributed by atoms with Crippen molar-refractivity contribution in [1.29, 1.82) is 0 Å². The molecule has 1 amide bonds.